The van der Waals surface area contributed by atoms with E-state index in [2.05, 4.69) is 9.97 Å². The van der Waals surface area contributed by atoms with Crippen LogP contribution in [0, 0.1) is 5.82 Å². The number of alkyl halides is 1. The highest BCUT2D eigenvalue weighted by Crippen LogP contribution is 2.37. The summed E-state index contributed by atoms with van der Waals surface area (Å²) < 4.78 is 32.7. The molecule has 2 rings (SSSR count). The Morgan fingerprint density at radius 1 is 1.47 bits per heavy atom. The minimum absolute atomic E-state index is 0.130. The summed E-state index contributed by atoms with van der Waals surface area (Å²) in [5, 5.41) is -0.136. The highest BCUT2D eigenvalue weighted by molar-refractivity contribution is 6.28. The quantitative estimate of drug-likeness (QED) is 0.765. The van der Waals surface area contributed by atoms with E-state index in [-0.39, 0.29) is 11.0 Å². The van der Waals surface area contributed by atoms with Gasteiger partial charge < -0.3 is 4.74 Å². The van der Waals surface area contributed by atoms with Gasteiger partial charge in [-0.1, -0.05) is 18.2 Å². The van der Waals surface area contributed by atoms with Crippen LogP contribution in [0.25, 0.3) is 0 Å². The molecule has 1 heterocycles. The smallest absolute Gasteiger partial charge is 0.240 e. The van der Waals surface area contributed by atoms with Crippen LogP contribution in [-0.4, -0.2) is 22.9 Å². The number of rotatable bonds is 2. The first kappa shape index (κ1) is 12.1. The number of allylic oxidation sites excluding steroid dienone is 2. The summed E-state index contributed by atoms with van der Waals surface area (Å²) in [5.74, 6) is -3.84. The SMILES string of the molecule is COC1(F)C=CC=CC1c1nc(Cl)ncc1F. The lowest BCUT2D eigenvalue weighted by molar-refractivity contribution is -0.0914. The Morgan fingerprint density at radius 3 is 2.94 bits per heavy atom. The molecule has 1 aliphatic carbocycles. The van der Waals surface area contributed by atoms with E-state index in [1.807, 2.05) is 0 Å². The number of aromatic nitrogens is 2. The maximum absolute atomic E-state index is 14.3. The summed E-state index contributed by atoms with van der Waals surface area (Å²) in [4.78, 5) is 7.20. The van der Waals surface area contributed by atoms with Crippen molar-refractivity contribution in [2.45, 2.75) is 11.8 Å². The van der Waals surface area contributed by atoms with Crippen LogP contribution in [0.3, 0.4) is 0 Å². The highest BCUT2D eigenvalue weighted by Gasteiger charge is 2.40. The number of halogens is 3. The number of nitrogens with zero attached hydrogens (tertiary/aromatic N) is 2. The summed E-state index contributed by atoms with van der Waals surface area (Å²) in [6.07, 6.45) is 6.66. The zero-order valence-corrected chi connectivity index (χ0v) is 9.66. The van der Waals surface area contributed by atoms with E-state index < -0.39 is 17.6 Å². The molecule has 0 radical (unpaired) electrons. The molecule has 1 aromatic heterocycles. The first-order chi connectivity index (χ1) is 8.07. The van der Waals surface area contributed by atoms with Crippen molar-refractivity contribution in [3.8, 4) is 0 Å². The first-order valence-corrected chi connectivity index (χ1v) is 5.22. The van der Waals surface area contributed by atoms with E-state index >= 15 is 0 Å². The van der Waals surface area contributed by atoms with Gasteiger partial charge in [-0.05, 0) is 17.7 Å². The van der Waals surface area contributed by atoms with Crippen LogP contribution in [0.1, 0.15) is 11.6 Å². The third-order valence-corrected chi connectivity index (χ3v) is 2.69. The topological polar surface area (TPSA) is 35.0 Å². The van der Waals surface area contributed by atoms with Gasteiger partial charge in [-0.25, -0.2) is 18.7 Å². The van der Waals surface area contributed by atoms with Crippen molar-refractivity contribution in [3.05, 3.63) is 47.3 Å². The minimum atomic E-state index is -2.13. The Kier molecular flexibility index (Phi) is 3.22. The molecular formula is C11H9ClF2N2O. The fourth-order valence-corrected chi connectivity index (χ4v) is 1.79. The van der Waals surface area contributed by atoms with Gasteiger partial charge in [0.05, 0.1) is 17.8 Å². The summed E-state index contributed by atoms with van der Waals surface area (Å²) in [5.41, 5.74) is -0.130. The van der Waals surface area contributed by atoms with E-state index in [0.717, 1.165) is 6.20 Å². The van der Waals surface area contributed by atoms with Crippen molar-refractivity contribution in [2.75, 3.05) is 7.11 Å². The van der Waals surface area contributed by atoms with Crippen LogP contribution in [-0.2, 0) is 4.74 Å². The first-order valence-electron chi connectivity index (χ1n) is 4.85. The zero-order chi connectivity index (χ0) is 12.5. The van der Waals surface area contributed by atoms with E-state index in [4.69, 9.17) is 16.3 Å². The molecule has 6 heteroatoms. The minimum Gasteiger partial charge on any atom is -0.345 e. The summed E-state index contributed by atoms with van der Waals surface area (Å²) >= 11 is 5.58. The molecule has 0 fully saturated rings. The van der Waals surface area contributed by atoms with E-state index in [1.54, 1.807) is 6.08 Å². The van der Waals surface area contributed by atoms with Crippen LogP contribution in [0.4, 0.5) is 8.78 Å². The van der Waals surface area contributed by atoms with Gasteiger partial charge in [0.2, 0.25) is 11.1 Å². The predicted molar refractivity (Wildman–Crippen MR) is 58.9 cm³/mol. The molecule has 2 atom stereocenters. The number of ether oxygens (including phenoxy) is 1. The number of hydrogen-bond acceptors (Lipinski definition) is 3. The molecule has 0 aliphatic heterocycles. The van der Waals surface area contributed by atoms with Gasteiger partial charge in [0.15, 0.2) is 5.82 Å². The molecule has 17 heavy (non-hydrogen) atoms. The molecular weight excluding hydrogens is 250 g/mol. The molecule has 2 unspecified atom stereocenters. The van der Waals surface area contributed by atoms with Crippen LogP contribution < -0.4 is 0 Å². The molecule has 0 amide bonds. The lowest BCUT2D eigenvalue weighted by Crippen LogP contribution is -2.33. The molecule has 0 spiro atoms. The van der Waals surface area contributed by atoms with Crippen molar-refractivity contribution in [1.29, 1.82) is 0 Å². The second-order valence-corrected chi connectivity index (χ2v) is 3.83. The molecule has 0 saturated heterocycles. The van der Waals surface area contributed by atoms with Gasteiger partial charge >= 0.3 is 0 Å². The second kappa shape index (κ2) is 4.50. The molecule has 1 aromatic rings. The van der Waals surface area contributed by atoms with Crippen molar-refractivity contribution in [1.82, 2.24) is 9.97 Å². The summed E-state index contributed by atoms with van der Waals surface area (Å²) in [6.45, 7) is 0. The van der Waals surface area contributed by atoms with Gasteiger partial charge in [-0.15, -0.1) is 0 Å². The largest absolute Gasteiger partial charge is 0.345 e. The van der Waals surface area contributed by atoms with E-state index in [9.17, 15) is 8.78 Å². The number of hydrogen-bond donors (Lipinski definition) is 0. The zero-order valence-electron chi connectivity index (χ0n) is 8.90. The van der Waals surface area contributed by atoms with Crippen LogP contribution in [0.2, 0.25) is 5.28 Å². The third-order valence-electron chi connectivity index (χ3n) is 2.51. The summed E-state index contributed by atoms with van der Waals surface area (Å²) in [6, 6.07) is 0. The van der Waals surface area contributed by atoms with Gasteiger partial charge in [0, 0.05) is 7.11 Å². The molecule has 0 saturated carbocycles. The van der Waals surface area contributed by atoms with Crippen LogP contribution >= 0.6 is 11.6 Å². The van der Waals surface area contributed by atoms with E-state index in [1.165, 1.54) is 25.3 Å². The van der Waals surface area contributed by atoms with Crippen molar-refractivity contribution in [3.63, 3.8) is 0 Å². The molecule has 90 valence electrons. The fraction of sp³-hybridized carbons (Fsp3) is 0.273. The monoisotopic (exact) mass is 258 g/mol. The molecule has 0 N–H and O–H groups in total. The molecule has 1 aliphatic rings. The van der Waals surface area contributed by atoms with Crippen LogP contribution in [0.5, 0.6) is 0 Å². The van der Waals surface area contributed by atoms with E-state index in [0.29, 0.717) is 0 Å². The Labute approximate surface area is 102 Å². The van der Waals surface area contributed by atoms with Gasteiger partial charge in [0.1, 0.15) is 0 Å². The van der Waals surface area contributed by atoms with Crippen molar-refractivity contribution < 1.29 is 13.5 Å². The lowest BCUT2D eigenvalue weighted by Gasteiger charge is -2.29. The number of methoxy groups -OCH3 is 1. The lowest BCUT2D eigenvalue weighted by atomic mass is 9.91. The average molecular weight is 259 g/mol. The second-order valence-electron chi connectivity index (χ2n) is 3.50. The van der Waals surface area contributed by atoms with Crippen molar-refractivity contribution in [2.24, 2.45) is 0 Å². The average Bonchev–Trinajstić information content (AvgIpc) is 2.33. The normalized spacial score (nSPS) is 27.4. The Morgan fingerprint density at radius 2 is 2.24 bits per heavy atom. The van der Waals surface area contributed by atoms with Gasteiger partial charge in [-0.3, -0.25) is 0 Å². The highest BCUT2D eigenvalue weighted by atomic mass is 35.5. The molecule has 3 nitrogen and oxygen atoms in total. The Hall–Kier alpha value is -1.33. The van der Waals surface area contributed by atoms with Gasteiger partial charge in [0.25, 0.3) is 0 Å². The molecule has 0 bridgehead atoms. The Balaban J connectivity index is 2.48. The maximum Gasteiger partial charge on any atom is 0.240 e. The standard InChI is InChI=1S/C11H9ClF2N2O/c1-17-11(14)5-3-2-4-7(11)9-8(13)6-15-10(12)16-9/h2-7H,1H3. The van der Waals surface area contributed by atoms with Crippen molar-refractivity contribution >= 4 is 11.6 Å². The Bertz CT molecular complexity index is 492. The third kappa shape index (κ3) is 2.21. The van der Waals surface area contributed by atoms with Crippen LogP contribution in [0.15, 0.2) is 30.5 Å². The fourth-order valence-electron chi connectivity index (χ4n) is 1.65. The summed E-state index contributed by atoms with van der Waals surface area (Å²) in [7, 11) is 1.21. The van der Waals surface area contributed by atoms with Gasteiger partial charge in [-0.2, -0.15) is 0 Å². The molecule has 0 aromatic carbocycles. The predicted octanol–water partition coefficient (Wildman–Crippen LogP) is 2.79. The maximum atomic E-state index is 14.3.